The van der Waals surface area contributed by atoms with Crippen molar-refractivity contribution in [2.24, 2.45) is 0 Å². The SMILES string of the molecule is CCC1CCCCN1c1nccc(C(=O)NCc2ccccc2)n1. The lowest BCUT2D eigenvalue weighted by Crippen LogP contribution is -2.40. The third-order valence-electron chi connectivity index (χ3n) is 4.53. The second kappa shape index (κ2) is 7.90. The molecule has 1 atom stereocenters. The Hall–Kier alpha value is -2.43. The number of amides is 1. The Labute approximate surface area is 143 Å². The molecular weight excluding hydrogens is 300 g/mol. The highest BCUT2D eigenvalue weighted by Gasteiger charge is 2.23. The van der Waals surface area contributed by atoms with Crippen LogP contribution in [-0.4, -0.2) is 28.5 Å². The number of nitrogens with one attached hydrogen (secondary N) is 1. The van der Waals surface area contributed by atoms with Crippen molar-refractivity contribution in [3.05, 3.63) is 53.9 Å². The molecule has 3 rings (SSSR count). The van der Waals surface area contributed by atoms with Crippen LogP contribution in [0.2, 0.25) is 0 Å². The first-order chi connectivity index (χ1) is 11.8. The summed E-state index contributed by atoms with van der Waals surface area (Å²) in [6.07, 6.45) is 6.34. The summed E-state index contributed by atoms with van der Waals surface area (Å²) < 4.78 is 0. The first kappa shape index (κ1) is 16.4. The van der Waals surface area contributed by atoms with Crippen LogP contribution < -0.4 is 10.2 Å². The van der Waals surface area contributed by atoms with E-state index in [0.29, 0.717) is 24.2 Å². The fourth-order valence-electron chi connectivity index (χ4n) is 3.17. The molecule has 1 fully saturated rings. The fraction of sp³-hybridized carbons (Fsp3) is 0.421. The van der Waals surface area contributed by atoms with Gasteiger partial charge in [0.05, 0.1) is 0 Å². The molecule has 1 aromatic carbocycles. The average Bonchev–Trinajstić information content (AvgIpc) is 2.67. The Bertz CT molecular complexity index is 674. The van der Waals surface area contributed by atoms with Gasteiger partial charge in [0.2, 0.25) is 5.95 Å². The zero-order chi connectivity index (χ0) is 16.8. The maximum absolute atomic E-state index is 12.4. The van der Waals surface area contributed by atoms with Crippen LogP contribution in [0.4, 0.5) is 5.95 Å². The summed E-state index contributed by atoms with van der Waals surface area (Å²) in [5, 5.41) is 2.92. The summed E-state index contributed by atoms with van der Waals surface area (Å²) in [6.45, 7) is 3.66. The Morgan fingerprint density at radius 2 is 2.08 bits per heavy atom. The van der Waals surface area contributed by atoms with Gasteiger partial charge in [-0.3, -0.25) is 4.79 Å². The van der Waals surface area contributed by atoms with Crippen LogP contribution >= 0.6 is 0 Å². The number of hydrogen-bond donors (Lipinski definition) is 1. The van der Waals surface area contributed by atoms with Crippen molar-refractivity contribution in [2.45, 2.75) is 45.2 Å². The maximum Gasteiger partial charge on any atom is 0.270 e. The third kappa shape index (κ3) is 3.91. The van der Waals surface area contributed by atoms with Gasteiger partial charge in [0, 0.05) is 25.3 Å². The molecule has 0 bridgehead atoms. The molecule has 1 saturated heterocycles. The molecule has 1 aromatic heterocycles. The van der Waals surface area contributed by atoms with Crippen molar-refractivity contribution in [1.82, 2.24) is 15.3 Å². The number of carbonyl (C=O) groups excluding carboxylic acids is 1. The van der Waals surface area contributed by atoms with E-state index >= 15 is 0 Å². The molecule has 5 heteroatoms. The van der Waals surface area contributed by atoms with Crippen LogP contribution in [0.1, 0.15) is 48.7 Å². The smallest absolute Gasteiger partial charge is 0.270 e. The number of hydrogen-bond acceptors (Lipinski definition) is 4. The maximum atomic E-state index is 12.4. The van der Waals surface area contributed by atoms with E-state index in [1.54, 1.807) is 12.3 Å². The predicted octanol–water partition coefficient (Wildman–Crippen LogP) is 3.18. The molecule has 5 nitrogen and oxygen atoms in total. The highest BCUT2D eigenvalue weighted by Crippen LogP contribution is 2.23. The Balaban J connectivity index is 1.69. The van der Waals surface area contributed by atoms with Gasteiger partial charge in [-0.05, 0) is 37.3 Å². The van der Waals surface area contributed by atoms with E-state index < -0.39 is 0 Å². The Morgan fingerprint density at radius 1 is 1.25 bits per heavy atom. The molecule has 0 radical (unpaired) electrons. The molecule has 1 aliphatic heterocycles. The highest BCUT2D eigenvalue weighted by atomic mass is 16.1. The van der Waals surface area contributed by atoms with E-state index in [1.807, 2.05) is 30.3 Å². The number of benzene rings is 1. The molecule has 0 saturated carbocycles. The Morgan fingerprint density at radius 3 is 2.88 bits per heavy atom. The summed E-state index contributed by atoms with van der Waals surface area (Å²) in [4.78, 5) is 23.5. The van der Waals surface area contributed by atoms with Gasteiger partial charge in [0.25, 0.3) is 5.91 Å². The fourth-order valence-corrected chi connectivity index (χ4v) is 3.17. The summed E-state index contributed by atoms with van der Waals surface area (Å²) in [6, 6.07) is 12.0. The monoisotopic (exact) mass is 324 g/mol. The second-order valence-electron chi connectivity index (χ2n) is 6.16. The average molecular weight is 324 g/mol. The van der Waals surface area contributed by atoms with Crippen molar-refractivity contribution in [3.8, 4) is 0 Å². The number of anilines is 1. The van der Waals surface area contributed by atoms with Crippen LogP contribution in [0, 0.1) is 0 Å². The molecule has 0 aliphatic carbocycles. The molecule has 1 amide bonds. The van der Waals surface area contributed by atoms with Crippen molar-refractivity contribution in [3.63, 3.8) is 0 Å². The van der Waals surface area contributed by atoms with Crippen molar-refractivity contribution >= 4 is 11.9 Å². The Kier molecular flexibility index (Phi) is 5.41. The first-order valence-corrected chi connectivity index (χ1v) is 8.69. The van der Waals surface area contributed by atoms with E-state index in [2.05, 4.69) is 27.1 Å². The lowest BCUT2D eigenvalue weighted by molar-refractivity contribution is 0.0945. The predicted molar refractivity (Wildman–Crippen MR) is 94.9 cm³/mol. The van der Waals surface area contributed by atoms with Crippen molar-refractivity contribution < 1.29 is 4.79 Å². The minimum atomic E-state index is -0.160. The molecule has 2 aromatic rings. The largest absolute Gasteiger partial charge is 0.347 e. The van der Waals surface area contributed by atoms with E-state index in [0.717, 1.165) is 24.9 Å². The molecule has 1 N–H and O–H groups in total. The first-order valence-electron chi connectivity index (χ1n) is 8.69. The molecular formula is C19H24N4O. The summed E-state index contributed by atoms with van der Waals surface area (Å²) in [5.74, 6) is 0.515. The molecule has 24 heavy (non-hydrogen) atoms. The number of rotatable bonds is 5. The minimum absolute atomic E-state index is 0.160. The van der Waals surface area contributed by atoms with Crippen molar-refractivity contribution in [1.29, 1.82) is 0 Å². The molecule has 0 spiro atoms. The zero-order valence-electron chi connectivity index (χ0n) is 14.1. The molecule has 1 unspecified atom stereocenters. The van der Waals surface area contributed by atoms with Crippen LogP contribution in [-0.2, 0) is 6.54 Å². The van der Waals surface area contributed by atoms with E-state index in [9.17, 15) is 4.79 Å². The number of aromatic nitrogens is 2. The van der Waals surface area contributed by atoms with Gasteiger partial charge in [-0.15, -0.1) is 0 Å². The van der Waals surface area contributed by atoms with Gasteiger partial charge in [0.15, 0.2) is 0 Å². The zero-order valence-corrected chi connectivity index (χ0v) is 14.1. The van der Waals surface area contributed by atoms with Crippen LogP contribution in [0.3, 0.4) is 0 Å². The van der Waals surface area contributed by atoms with E-state index in [1.165, 1.54) is 12.8 Å². The van der Waals surface area contributed by atoms with E-state index in [-0.39, 0.29) is 5.91 Å². The summed E-state index contributed by atoms with van der Waals surface area (Å²) in [5.41, 5.74) is 1.50. The van der Waals surface area contributed by atoms with Gasteiger partial charge in [-0.2, -0.15) is 0 Å². The summed E-state index contributed by atoms with van der Waals surface area (Å²) >= 11 is 0. The van der Waals surface area contributed by atoms with Gasteiger partial charge >= 0.3 is 0 Å². The van der Waals surface area contributed by atoms with Crippen LogP contribution in [0.5, 0.6) is 0 Å². The lowest BCUT2D eigenvalue weighted by Gasteiger charge is -2.35. The third-order valence-corrected chi connectivity index (χ3v) is 4.53. The lowest BCUT2D eigenvalue weighted by atomic mass is 10.0. The normalized spacial score (nSPS) is 17.5. The van der Waals surface area contributed by atoms with Gasteiger partial charge in [-0.1, -0.05) is 37.3 Å². The second-order valence-corrected chi connectivity index (χ2v) is 6.16. The van der Waals surface area contributed by atoms with Gasteiger partial charge < -0.3 is 10.2 Å². The standard InChI is InChI=1S/C19H24N4O/c1-2-16-10-6-7-13-23(16)19-20-12-11-17(22-19)18(24)21-14-15-8-4-3-5-9-15/h3-5,8-9,11-12,16H,2,6-7,10,13-14H2,1H3,(H,21,24). The molecule has 126 valence electrons. The molecule has 2 heterocycles. The molecule has 1 aliphatic rings. The number of nitrogens with zero attached hydrogens (tertiary/aromatic N) is 3. The number of piperidine rings is 1. The van der Waals surface area contributed by atoms with Gasteiger partial charge in [-0.25, -0.2) is 9.97 Å². The topological polar surface area (TPSA) is 58.1 Å². The van der Waals surface area contributed by atoms with Gasteiger partial charge in [0.1, 0.15) is 5.69 Å². The van der Waals surface area contributed by atoms with E-state index in [4.69, 9.17) is 0 Å². The summed E-state index contributed by atoms with van der Waals surface area (Å²) in [7, 11) is 0. The quantitative estimate of drug-likeness (QED) is 0.918. The minimum Gasteiger partial charge on any atom is -0.347 e. The number of carbonyl (C=O) groups is 1. The van der Waals surface area contributed by atoms with Crippen LogP contribution in [0.15, 0.2) is 42.6 Å². The van der Waals surface area contributed by atoms with Crippen LogP contribution in [0.25, 0.3) is 0 Å². The highest BCUT2D eigenvalue weighted by molar-refractivity contribution is 5.92. The van der Waals surface area contributed by atoms with Crippen molar-refractivity contribution in [2.75, 3.05) is 11.4 Å².